The van der Waals surface area contributed by atoms with E-state index < -0.39 is 10.0 Å². The Hall–Kier alpha value is -1.70. The summed E-state index contributed by atoms with van der Waals surface area (Å²) in [5.74, 6) is 0.734. The number of anilines is 1. The van der Waals surface area contributed by atoms with E-state index in [4.69, 9.17) is 10.5 Å². The van der Waals surface area contributed by atoms with Crippen molar-refractivity contribution in [2.45, 2.75) is 14.7 Å². The molecule has 0 saturated carbocycles. The number of nitrogens with two attached hydrogens (primary N) is 1. The van der Waals surface area contributed by atoms with Gasteiger partial charge < -0.3 is 10.5 Å². The Balaban J connectivity index is 2.37. The number of rotatable bonds is 5. The van der Waals surface area contributed by atoms with Crippen LogP contribution < -0.4 is 15.2 Å². The van der Waals surface area contributed by atoms with Crippen LogP contribution >= 0.6 is 11.8 Å². The minimum absolute atomic E-state index is 0.185. The van der Waals surface area contributed by atoms with E-state index in [2.05, 4.69) is 4.72 Å². The molecule has 0 aliphatic heterocycles. The summed E-state index contributed by atoms with van der Waals surface area (Å²) in [7, 11) is -0.515. The highest BCUT2D eigenvalue weighted by molar-refractivity contribution is 7.99. The standard InChI is InChI=1S/C14H16N2O3S2/c1-16-21(17,18)12-6-7-13(15)14(9-12)20-11-5-3-4-10(8-11)19-2/h3-9,16H,15H2,1-2H3. The first-order valence-corrected chi connectivity index (χ1v) is 8.41. The number of ether oxygens (including phenoxy) is 1. The molecule has 0 aromatic heterocycles. The third-order valence-corrected chi connectivity index (χ3v) is 5.31. The molecule has 0 bridgehead atoms. The van der Waals surface area contributed by atoms with E-state index in [1.165, 1.54) is 24.9 Å². The van der Waals surface area contributed by atoms with Crippen LogP contribution in [0.4, 0.5) is 5.69 Å². The van der Waals surface area contributed by atoms with E-state index in [1.807, 2.05) is 24.3 Å². The fraction of sp³-hybridized carbons (Fsp3) is 0.143. The summed E-state index contributed by atoms with van der Waals surface area (Å²) in [6.07, 6.45) is 0. The van der Waals surface area contributed by atoms with Gasteiger partial charge in [-0.2, -0.15) is 0 Å². The van der Waals surface area contributed by atoms with E-state index in [-0.39, 0.29) is 4.90 Å². The number of hydrogen-bond acceptors (Lipinski definition) is 5. The summed E-state index contributed by atoms with van der Waals surface area (Å²) in [5, 5.41) is 0. The fourth-order valence-corrected chi connectivity index (χ4v) is 3.46. The number of methoxy groups -OCH3 is 1. The summed E-state index contributed by atoms with van der Waals surface area (Å²) in [6.45, 7) is 0. The largest absolute Gasteiger partial charge is 0.497 e. The van der Waals surface area contributed by atoms with Gasteiger partial charge in [0.1, 0.15) is 5.75 Å². The average molecular weight is 324 g/mol. The lowest BCUT2D eigenvalue weighted by molar-refractivity contribution is 0.413. The van der Waals surface area contributed by atoms with Gasteiger partial charge in [-0.15, -0.1) is 0 Å². The van der Waals surface area contributed by atoms with Crippen LogP contribution in [0.15, 0.2) is 57.2 Å². The molecular weight excluding hydrogens is 308 g/mol. The number of nitrogen functional groups attached to an aromatic ring is 1. The molecule has 2 rings (SSSR count). The topological polar surface area (TPSA) is 81.4 Å². The summed E-state index contributed by atoms with van der Waals surface area (Å²) >= 11 is 1.39. The third kappa shape index (κ3) is 3.69. The molecule has 0 unspecified atom stereocenters. The van der Waals surface area contributed by atoms with Gasteiger partial charge in [-0.25, -0.2) is 13.1 Å². The van der Waals surface area contributed by atoms with E-state index in [0.717, 1.165) is 10.6 Å². The van der Waals surface area contributed by atoms with E-state index >= 15 is 0 Å². The first kappa shape index (κ1) is 15.7. The van der Waals surface area contributed by atoms with Crippen molar-refractivity contribution in [3.05, 3.63) is 42.5 Å². The van der Waals surface area contributed by atoms with Gasteiger partial charge in [0.25, 0.3) is 0 Å². The average Bonchev–Trinajstić information content (AvgIpc) is 2.49. The van der Waals surface area contributed by atoms with Crippen LogP contribution in [0.2, 0.25) is 0 Å². The van der Waals surface area contributed by atoms with Gasteiger partial charge in [0.15, 0.2) is 0 Å². The Labute approximate surface area is 128 Å². The molecule has 0 aliphatic rings. The molecule has 7 heteroatoms. The molecule has 0 aliphatic carbocycles. The SMILES string of the molecule is CNS(=O)(=O)c1ccc(N)c(Sc2cccc(OC)c2)c1. The van der Waals surface area contributed by atoms with Gasteiger partial charge in [0, 0.05) is 15.5 Å². The predicted molar refractivity (Wildman–Crippen MR) is 84.2 cm³/mol. The van der Waals surface area contributed by atoms with E-state index in [1.54, 1.807) is 19.2 Å². The van der Waals surface area contributed by atoms with Crippen molar-refractivity contribution in [3.8, 4) is 5.75 Å². The minimum atomic E-state index is -3.49. The summed E-state index contributed by atoms with van der Waals surface area (Å²) < 4.78 is 31.1. The van der Waals surface area contributed by atoms with Crippen LogP contribution in [-0.2, 0) is 10.0 Å². The number of nitrogens with one attached hydrogen (secondary N) is 1. The summed E-state index contributed by atoms with van der Waals surface area (Å²) in [5.41, 5.74) is 6.45. The highest BCUT2D eigenvalue weighted by atomic mass is 32.2. The van der Waals surface area contributed by atoms with Crippen molar-refractivity contribution in [3.63, 3.8) is 0 Å². The smallest absolute Gasteiger partial charge is 0.240 e. The monoisotopic (exact) mass is 324 g/mol. The molecule has 21 heavy (non-hydrogen) atoms. The van der Waals surface area contributed by atoms with Crippen molar-refractivity contribution >= 4 is 27.5 Å². The maximum Gasteiger partial charge on any atom is 0.240 e. The lowest BCUT2D eigenvalue weighted by atomic mass is 10.3. The molecule has 0 radical (unpaired) electrons. The second kappa shape index (κ2) is 6.38. The van der Waals surface area contributed by atoms with Crippen molar-refractivity contribution in [1.29, 1.82) is 0 Å². The van der Waals surface area contributed by atoms with Crippen LogP contribution in [0.25, 0.3) is 0 Å². The molecule has 112 valence electrons. The minimum Gasteiger partial charge on any atom is -0.497 e. The molecule has 5 nitrogen and oxygen atoms in total. The Morgan fingerprint density at radius 1 is 1.19 bits per heavy atom. The molecule has 3 N–H and O–H groups in total. The molecule has 2 aromatic rings. The van der Waals surface area contributed by atoms with Gasteiger partial charge in [0.2, 0.25) is 10.0 Å². The van der Waals surface area contributed by atoms with E-state index in [0.29, 0.717) is 10.6 Å². The third-order valence-electron chi connectivity index (χ3n) is 2.83. The fourth-order valence-electron chi connectivity index (χ4n) is 1.68. The number of hydrogen-bond donors (Lipinski definition) is 2. The van der Waals surface area contributed by atoms with Gasteiger partial charge in [-0.1, -0.05) is 17.8 Å². The van der Waals surface area contributed by atoms with Gasteiger partial charge in [0.05, 0.1) is 12.0 Å². The van der Waals surface area contributed by atoms with Crippen molar-refractivity contribution < 1.29 is 13.2 Å². The van der Waals surface area contributed by atoms with E-state index in [9.17, 15) is 8.42 Å². The molecule has 2 aromatic carbocycles. The quantitative estimate of drug-likeness (QED) is 0.825. The lowest BCUT2D eigenvalue weighted by Gasteiger charge is -2.09. The molecule has 0 amide bonds. The highest BCUT2D eigenvalue weighted by Gasteiger charge is 2.14. The van der Waals surface area contributed by atoms with Crippen molar-refractivity contribution in [2.75, 3.05) is 19.9 Å². The maximum atomic E-state index is 11.8. The Kier molecular flexibility index (Phi) is 4.76. The molecule has 0 fully saturated rings. The zero-order valence-corrected chi connectivity index (χ0v) is 13.3. The van der Waals surface area contributed by atoms with Gasteiger partial charge in [-0.3, -0.25) is 0 Å². The van der Waals surface area contributed by atoms with Gasteiger partial charge in [-0.05, 0) is 43.4 Å². The number of sulfonamides is 1. The summed E-state index contributed by atoms with van der Waals surface area (Å²) in [6, 6.07) is 12.1. The predicted octanol–water partition coefficient (Wildman–Crippen LogP) is 2.34. The zero-order chi connectivity index (χ0) is 15.5. The Bertz CT molecular complexity index is 746. The summed E-state index contributed by atoms with van der Waals surface area (Å²) in [4.78, 5) is 1.78. The molecule has 0 heterocycles. The van der Waals surface area contributed by atoms with Crippen molar-refractivity contribution in [2.24, 2.45) is 0 Å². The normalized spacial score (nSPS) is 11.3. The van der Waals surface area contributed by atoms with Crippen LogP contribution in [-0.4, -0.2) is 22.6 Å². The van der Waals surface area contributed by atoms with Crippen LogP contribution in [0.1, 0.15) is 0 Å². The molecule has 0 saturated heterocycles. The highest BCUT2D eigenvalue weighted by Crippen LogP contribution is 2.35. The van der Waals surface area contributed by atoms with Crippen LogP contribution in [0, 0.1) is 0 Å². The van der Waals surface area contributed by atoms with Crippen molar-refractivity contribution in [1.82, 2.24) is 4.72 Å². The molecule has 0 spiro atoms. The Morgan fingerprint density at radius 2 is 1.95 bits per heavy atom. The first-order valence-electron chi connectivity index (χ1n) is 6.11. The lowest BCUT2D eigenvalue weighted by Crippen LogP contribution is -2.18. The van der Waals surface area contributed by atoms with Gasteiger partial charge >= 0.3 is 0 Å². The Morgan fingerprint density at radius 3 is 2.62 bits per heavy atom. The maximum absolute atomic E-state index is 11.8. The second-order valence-corrected chi connectivity index (χ2v) is 7.19. The first-order chi connectivity index (χ1) is 9.96. The zero-order valence-electron chi connectivity index (χ0n) is 11.7. The van der Waals surface area contributed by atoms with Crippen LogP contribution in [0.5, 0.6) is 5.75 Å². The van der Waals surface area contributed by atoms with Crippen LogP contribution in [0.3, 0.4) is 0 Å². The second-order valence-electron chi connectivity index (χ2n) is 4.19. The molecule has 0 atom stereocenters. The molecular formula is C14H16N2O3S2. The number of benzene rings is 2.